The van der Waals surface area contributed by atoms with Crippen LogP contribution in [-0.4, -0.2) is 28.8 Å². The van der Waals surface area contributed by atoms with Crippen molar-refractivity contribution in [2.24, 2.45) is 0 Å². The number of carbonyl (C=O) groups is 1. The Morgan fingerprint density at radius 2 is 2.67 bits per heavy atom. The average molecular weight is 206 g/mol. The van der Waals surface area contributed by atoms with Crippen LogP contribution >= 0.6 is 24.0 Å². The fourth-order valence-electron chi connectivity index (χ4n) is 0.853. The average Bonchev–Trinajstić information content (AvgIpc) is 2.36. The summed E-state index contributed by atoms with van der Waals surface area (Å²) in [6, 6.07) is 0. The van der Waals surface area contributed by atoms with Crippen LogP contribution in [0.25, 0.3) is 0 Å². The molecule has 1 unspecified atom stereocenters. The number of cyclic esters (lactones) is 1. The van der Waals surface area contributed by atoms with Gasteiger partial charge in [0.15, 0.2) is 0 Å². The molecule has 1 rings (SSSR count). The molecule has 1 saturated heterocycles. The Morgan fingerprint density at radius 1 is 1.92 bits per heavy atom. The zero-order valence-electron chi connectivity index (χ0n) is 6.74. The quantitative estimate of drug-likeness (QED) is 0.503. The topological polar surface area (TPSA) is 35.5 Å². The molecule has 3 nitrogen and oxygen atoms in total. The van der Waals surface area contributed by atoms with Crippen molar-refractivity contribution in [3.63, 3.8) is 0 Å². The molecule has 5 heteroatoms. The molecule has 0 bridgehead atoms. The minimum atomic E-state index is -0.146. The van der Waals surface area contributed by atoms with Gasteiger partial charge in [0.05, 0.1) is 18.3 Å². The second-order valence-corrected chi connectivity index (χ2v) is 4.21. The number of thioether (sulfide) groups is 1. The fraction of sp³-hybridized carbons (Fsp3) is 0.714. The normalized spacial score (nSPS) is 22.1. The first-order chi connectivity index (χ1) is 5.72. The van der Waals surface area contributed by atoms with Crippen molar-refractivity contribution >= 4 is 34.3 Å². The molecule has 0 saturated carbocycles. The van der Waals surface area contributed by atoms with Gasteiger partial charge in [0.25, 0.3) is 0 Å². The van der Waals surface area contributed by atoms with Gasteiger partial charge in [-0.25, -0.2) is 0 Å². The molecule has 0 aromatic heterocycles. The van der Waals surface area contributed by atoms with Crippen LogP contribution in [0.4, 0.5) is 0 Å². The minimum Gasteiger partial charge on any atom is -0.479 e. The number of hydrogen-bond acceptors (Lipinski definition) is 5. The van der Waals surface area contributed by atoms with Crippen LogP contribution in [0, 0.1) is 0 Å². The summed E-state index contributed by atoms with van der Waals surface area (Å²) in [6.07, 6.45) is 0.442. The van der Waals surface area contributed by atoms with Gasteiger partial charge in [0, 0.05) is 0 Å². The van der Waals surface area contributed by atoms with E-state index in [2.05, 4.69) is 0 Å². The van der Waals surface area contributed by atoms with Crippen molar-refractivity contribution in [1.82, 2.24) is 0 Å². The second kappa shape index (κ2) is 4.67. The third-order valence-corrected chi connectivity index (χ3v) is 2.70. The van der Waals surface area contributed by atoms with E-state index in [0.29, 0.717) is 24.0 Å². The van der Waals surface area contributed by atoms with Crippen molar-refractivity contribution in [2.45, 2.75) is 18.6 Å². The smallest absolute Gasteiger partial charge is 0.307 e. The molecule has 68 valence electrons. The van der Waals surface area contributed by atoms with E-state index in [9.17, 15) is 4.79 Å². The lowest BCUT2D eigenvalue weighted by Crippen LogP contribution is -2.07. The Labute approximate surface area is 80.8 Å². The molecule has 1 fully saturated rings. The van der Waals surface area contributed by atoms with Crippen molar-refractivity contribution in [3.8, 4) is 0 Å². The summed E-state index contributed by atoms with van der Waals surface area (Å²) in [5.41, 5.74) is 0. The lowest BCUT2D eigenvalue weighted by atomic mass is 10.4. The summed E-state index contributed by atoms with van der Waals surface area (Å²) in [7, 11) is 0. The molecule has 1 aliphatic rings. The first-order valence-corrected chi connectivity index (χ1v) is 5.00. The maximum atomic E-state index is 10.7. The van der Waals surface area contributed by atoms with Crippen molar-refractivity contribution in [3.05, 3.63) is 0 Å². The highest BCUT2D eigenvalue weighted by atomic mass is 32.2. The van der Waals surface area contributed by atoms with E-state index in [1.165, 1.54) is 11.8 Å². The first-order valence-electron chi connectivity index (χ1n) is 3.71. The Kier molecular flexibility index (Phi) is 3.81. The van der Waals surface area contributed by atoms with E-state index in [1.54, 1.807) is 0 Å². The van der Waals surface area contributed by atoms with Gasteiger partial charge in [0.2, 0.25) is 4.38 Å². The van der Waals surface area contributed by atoms with Crippen LogP contribution < -0.4 is 0 Å². The van der Waals surface area contributed by atoms with E-state index < -0.39 is 0 Å². The SMILES string of the molecule is CCOC(=S)SC1COC(=O)C1. The number of rotatable bonds is 2. The van der Waals surface area contributed by atoms with Crippen LogP contribution in [0.5, 0.6) is 0 Å². The standard InChI is InChI=1S/C7H10O3S2/c1-2-9-7(11)12-5-3-6(8)10-4-5/h5H,2-4H2,1H3. The van der Waals surface area contributed by atoms with Gasteiger partial charge in [0.1, 0.15) is 6.61 Å². The van der Waals surface area contributed by atoms with E-state index >= 15 is 0 Å². The summed E-state index contributed by atoms with van der Waals surface area (Å²) in [6.45, 7) is 2.91. The summed E-state index contributed by atoms with van der Waals surface area (Å²) < 4.78 is 10.3. The molecular formula is C7H10O3S2. The van der Waals surface area contributed by atoms with Gasteiger partial charge >= 0.3 is 5.97 Å². The number of hydrogen-bond donors (Lipinski definition) is 0. The number of thiocarbonyl (C=S) groups is 1. The molecule has 0 amide bonds. The molecule has 0 spiro atoms. The third kappa shape index (κ3) is 2.98. The maximum absolute atomic E-state index is 10.7. The molecular weight excluding hydrogens is 196 g/mol. The van der Waals surface area contributed by atoms with E-state index in [4.69, 9.17) is 21.7 Å². The van der Waals surface area contributed by atoms with Crippen LogP contribution in [-0.2, 0) is 14.3 Å². The maximum Gasteiger partial charge on any atom is 0.307 e. The zero-order chi connectivity index (χ0) is 8.97. The van der Waals surface area contributed by atoms with Crippen LogP contribution in [0.1, 0.15) is 13.3 Å². The van der Waals surface area contributed by atoms with Gasteiger partial charge in [-0.05, 0) is 19.1 Å². The largest absolute Gasteiger partial charge is 0.479 e. The monoisotopic (exact) mass is 206 g/mol. The van der Waals surface area contributed by atoms with Crippen molar-refractivity contribution in [2.75, 3.05) is 13.2 Å². The zero-order valence-corrected chi connectivity index (χ0v) is 8.37. The highest BCUT2D eigenvalue weighted by molar-refractivity contribution is 8.23. The highest BCUT2D eigenvalue weighted by Gasteiger charge is 2.25. The minimum absolute atomic E-state index is 0.146. The fourth-order valence-corrected chi connectivity index (χ4v) is 2.19. The Balaban J connectivity index is 2.23. The second-order valence-electron chi connectivity index (χ2n) is 2.31. The predicted octanol–water partition coefficient (Wildman–Crippen LogP) is 1.36. The Morgan fingerprint density at radius 3 is 3.17 bits per heavy atom. The molecule has 0 aliphatic carbocycles. The molecule has 0 aromatic rings. The summed E-state index contributed by atoms with van der Waals surface area (Å²) in [5, 5.41) is 0.150. The van der Waals surface area contributed by atoms with Crippen LogP contribution in [0.15, 0.2) is 0 Å². The molecule has 0 radical (unpaired) electrons. The summed E-state index contributed by atoms with van der Waals surface area (Å²) in [4.78, 5) is 10.7. The molecule has 1 aliphatic heterocycles. The summed E-state index contributed by atoms with van der Waals surface area (Å²) >= 11 is 6.30. The van der Waals surface area contributed by atoms with E-state index in [1.807, 2.05) is 6.92 Å². The highest BCUT2D eigenvalue weighted by Crippen LogP contribution is 2.22. The van der Waals surface area contributed by atoms with E-state index in [0.717, 1.165) is 0 Å². The molecule has 1 atom stereocenters. The Hall–Kier alpha value is -0.290. The molecule has 0 aromatic carbocycles. The molecule has 0 N–H and O–H groups in total. The van der Waals surface area contributed by atoms with Crippen LogP contribution in [0.2, 0.25) is 0 Å². The van der Waals surface area contributed by atoms with Gasteiger partial charge in [-0.3, -0.25) is 4.79 Å². The van der Waals surface area contributed by atoms with Gasteiger partial charge in [-0.2, -0.15) is 0 Å². The predicted molar refractivity (Wildman–Crippen MR) is 51.2 cm³/mol. The Bertz CT molecular complexity index is 193. The van der Waals surface area contributed by atoms with Gasteiger partial charge < -0.3 is 9.47 Å². The van der Waals surface area contributed by atoms with Gasteiger partial charge in [-0.1, -0.05) is 11.8 Å². The van der Waals surface area contributed by atoms with E-state index in [-0.39, 0.29) is 11.2 Å². The lowest BCUT2D eigenvalue weighted by Gasteiger charge is -2.06. The first kappa shape index (κ1) is 9.80. The van der Waals surface area contributed by atoms with Crippen molar-refractivity contribution < 1.29 is 14.3 Å². The lowest BCUT2D eigenvalue weighted by molar-refractivity contribution is -0.137. The third-order valence-electron chi connectivity index (χ3n) is 1.35. The van der Waals surface area contributed by atoms with Crippen molar-refractivity contribution in [1.29, 1.82) is 0 Å². The molecule has 12 heavy (non-hydrogen) atoms. The van der Waals surface area contributed by atoms with Gasteiger partial charge in [-0.15, -0.1) is 0 Å². The number of ether oxygens (including phenoxy) is 2. The van der Waals surface area contributed by atoms with Crippen LogP contribution in [0.3, 0.4) is 0 Å². The number of carbonyl (C=O) groups excluding carboxylic acids is 1. The molecule has 1 heterocycles. The number of esters is 1. The summed E-state index contributed by atoms with van der Waals surface area (Å²) in [5.74, 6) is -0.146.